The first kappa shape index (κ1) is 14.0. The second-order valence-corrected chi connectivity index (χ2v) is 5.21. The van der Waals surface area contributed by atoms with Gasteiger partial charge in [0.1, 0.15) is 0 Å². The van der Waals surface area contributed by atoms with Crippen LogP contribution in [0.1, 0.15) is 51.2 Å². The lowest BCUT2D eigenvalue weighted by Crippen LogP contribution is -2.12. The molecular weight excluding hydrogens is 234 g/mol. The van der Waals surface area contributed by atoms with E-state index in [0.29, 0.717) is 5.92 Å². The van der Waals surface area contributed by atoms with Gasteiger partial charge in [-0.3, -0.25) is 4.98 Å². The molecule has 0 spiro atoms. The molecule has 0 fully saturated rings. The van der Waals surface area contributed by atoms with Crippen LogP contribution in [0.25, 0.3) is 10.9 Å². The molecule has 0 saturated carbocycles. The highest BCUT2D eigenvalue weighted by Gasteiger charge is 2.19. The summed E-state index contributed by atoms with van der Waals surface area (Å²) >= 11 is 0. The zero-order valence-electron chi connectivity index (χ0n) is 11.8. The molecule has 0 saturated heterocycles. The number of aliphatic hydroxyl groups excluding tert-OH is 1. The third-order valence-electron chi connectivity index (χ3n) is 3.87. The number of hydrogen-bond acceptors (Lipinski definition) is 2. The number of rotatable bonds is 6. The molecule has 0 aliphatic rings. The Morgan fingerprint density at radius 2 is 2.05 bits per heavy atom. The number of pyridine rings is 1. The topological polar surface area (TPSA) is 33.1 Å². The molecule has 2 unspecified atom stereocenters. The first-order chi connectivity index (χ1) is 9.26. The van der Waals surface area contributed by atoms with Crippen LogP contribution in [0.5, 0.6) is 0 Å². The van der Waals surface area contributed by atoms with Gasteiger partial charge in [0.15, 0.2) is 0 Å². The second kappa shape index (κ2) is 6.67. The average Bonchev–Trinajstić information content (AvgIpc) is 2.47. The minimum atomic E-state index is -0.372. The monoisotopic (exact) mass is 257 g/mol. The fourth-order valence-electron chi connectivity index (χ4n) is 2.59. The molecule has 0 bridgehead atoms. The summed E-state index contributed by atoms with van der Waals surface area (Å²) < 4.78 is 0. The molecule has 2 rings (SSSR count). The molecule has 102 valence electrons. The predicted molar refractivity (Wildman–Crippen MR) is 80.0 cm³/mol. The van der Waals surface area contributed by atoms with Gasteiger partial charge in [-0.05, 0) is 30.0 Å². The standard InChI is InChI=1S/C17H23NO/c1-3-5-7-13(4-2)17(19)15-10-9-14-8-6-11-18-16(14)12-15/h6,8-13,17,19H,3-5,7H2,1-2H3. The van der Waals surface area contributed by atoms with Gasteiger partial charge in [-0.15, -0.1) is 0 Å². The van der Waals surface area contributed by atoms with Crippen molar-refractivity contribution in [2.75, 3.05) is 0 Å². The Morgan fingerprint density at radius 1 is 1.21 bits per heavy atom. The molecule has 1 aromatic carbocycles. The normalized spacial score (nSPS) is 14.5. The van der Waals surface area contributed by atoms with Crippen LogP contribution in [-0.4, -0.2) is 10.1 Å². The predicted octanol–water partition coefficient (Wildman–Crippen LogP) is 4.48. The molecule has 1 heterocycles. The summed E-state index contributed by atoms with van der Waals surface area (Å²) in [4.78, 5) is 4.36. The smallest absolute Gasteiger partial charge is 0.0818 e. The van der Waals surface area contributed by atoms with E-state index in [4.69, 9.17) is 0 Å². The summed E-state index contributed by atoms with van der Waals surface area (Å²) in [7, 11) is 0. The van der Waals surface area contributed by atoms with E-state index >= 15 is 0 Å². The fourth-order valence-corrected chi connectivity index (χ4v) is 2.59. The number of hydrogen-bond donors (Lipinski definition) is 1. The van der Waals surface area contributed by atoms with E-state index in [1.165, 1.54) is 12.8 Å². The van der Waals surface area contributed by atoms with Crippen molar-refractivity contribution in [2.45, 2.75) is 45.6 Å². The molecule has 0 aliphatic heterocycles. The summed E-state index contributed by atoms with van der Waals surface area (Å²) in [6.07, 6.45) is 5.90. The molecular formula is C17H23NO. The maximum Gasteiger partial charge on any atom is 0.0818 e. The number of benzene rings is 1. The average molecular weight is 257 g/mol. The molecule has 0 radical (unpaired) electrons. The second-order valence-electron chi connectivity index (χ2n) is 5.21. The van der Waals surface area contributed by atoms with Crippen molar-refractivity contribution in [1.82, 2.24) is 4.98 Å². The molecule has 19 heavy (non-hydrogen) atoms. The third-order valence-corrected chi connectivity index (χ3v) is 3.87. The molecule has 0 amide bonds. The lowest BCUT2D eigenvalue weighted by atomic mass is 9.89. The van der Waals surface area contributed by atoms with Crippen molar-refractivity contribution in [3.8, 4) is 0 Å². The minimum Gasteiger partial charge on any atom is -0.388 e. The van der Waals surface area contributed by atoms with Crippen LogP contribution in [-0.2, 0) is 0 Å². The summed E-state index contributed by atoms with van der Waals surface area (Å²) in [5, 5.41) is 11.7. The van der Waals surface area contributed by atoms with Crippen molar-refractivity contribution in [2.24, 2.45) is 5.92 Å². The van der Waals surface area contributed by atoms with Gasteiger partial charge < -0.3 is 5.11 Å². The van der Waals surface area contributed by atoms with E-state index in [1.54, 1.807) is 6.20 Å². The highest BCUT2D eigenvalue weighted by atomic mass is 16.3. The Bertz CT molecular complexity index is 523. The number of aliphatic hydroxyl groups is 1. The highest BCUT2D eigenvalue weighted by Crippen LogP contribution is 2.30. The first-order valence-corrected chi connectivity index (χ1v) is 7.29. The van der Waals surface area contributed by atoms with Gasteiger partial charge in [0, 0.05) is 11.6 Å². The van der Waals surface area contributed by atoms with E-state index in [9.17, 15) is 5.11 Å². The lowest BCUT2D eigenvalue weighted by molar-refractivity contribution is 0.0990. The van der Waals surface area contributed by atoms with E-state index in [-0.39, 0.29) is 6.10 Å². The van der Waals surface area contributed by atoms with Crippen LogP contribution in [0, 0.1) is 5.92 Å². The van der Waals surface area contributed by atoms with Gasteiger partial charge in [-0.2, -0.15) is 0 Å². The Hall–Kier alpha value is -1.41. The molecule has 1 N–H and O–H groups in total. The van der Waals surface area contributed by atoms with Crippen molar-refractivity contribution in [1.29, 1.82) is 0 Å². The number of aromatic nitrogens is 1. The largest absolute Gasteiger partial charge is 0.388 e. The minimum absolute atomic E-state index is 0.348. The Morgan fingerprint density at radius 3 is 2.79 bits per heavy atom. The van der Waals surface area contributed by atoms with E-state index in [2.05, 4.69) is 18.8 Å². The van der Waals surface area contributed by atoms with Crippen LogP contribution < -0.4 is 0 Å². The van der Waals surface area contributed by atoms with Gasteiger partial charge in [-0.25, -0.2) is 0 Å². The summed E-state index contributed by atoms with van der Waals surface area (Å²) in [5.41, 5.74) is 1.96. The SMILES string of the molecule is CCCCC(CC)C(O)c1ccc2cccnc2c1. The summed E-state index contributed by atoms with van der Waals surface area (Å²) in [6.45, 7) is 4.35. The van der Waals surface area contributed by atoms with E-state index in [0.717, 1.165) is 29.3 Å². The molecule has 2 heteroatoms. The van der Waals surface area contributed by atoms with Crippen molar-refractivity contribution < 1.29 is 5.11 Å². The van der Waals surface area contributed by atoms with Gasteiger partial charge in [-0.1, -0.05) is 51.3 Å². The molecule has 1 aromatic heterocycles. The van der Waals surface area contributed by atoms with Crippen LogP contribution >= 0.6 is 0 Å². The van der Waals surface area contributed by atoms with E-state index < -0.39 is 0 Å². The van der Waals surface area contributed by atoms with E-state index in [1.807, 2.05) is 30.3 Å². The lowest BCUT2D eigenvalue weighted by Gasteiger charge is -2.22. The molecule has 2 nitrogen and oxygen atoms in total. The number of nitrogens with zero attached hydrogens (tertiary/aromatic N) is 1. The molecule has 0 aliphatic carbocycles. The fraction of sp³-hybridized carbons (Fsp3) is 0.471. The maximum atomic E-state index is 10.5. The number of unbranched alkanes of at least 4 members (excludes halogenated alkanes) is 1. The van der Waals surface area contributed by atoms with Crippen LogP contribution in [0.3, 0.4) is 0 Å². The Labute approximate surface area is 115 Å². The molecule has 2 atom stereocenters. The van der Waals surface area contributed by atoms with Gasteiger partial charge in [0.2, 0.25) is 0 Å². The summed E-state index contributed by atoms with van der Waals surface area (Å²) in [5.74, 6) is 0.348. The van der Waals surface area contributed by atoms with Crippen molar-refractivity contribution in [3.63, 3.8) is 0 Å². The molecule has 2 aromatic rings. The van der Waals surface area contributed by atoms with Crippen LogP contribution in [0.2, 0.25) is 0 Å². The summed E-state index contributed by atoms with van der Waals surface area (Å²) in [6, 6.07) is 10.1. The maximum absolute atomic E-state index is 10.5. The quantitative estimate of drug-likeness (QED) is 0.827. The zero-order valence-corrected chi connectivity index (χ0v) is 11.8. The van der Waals surface area contributed by atoms with Crippen molar-refractivity contribution in [3.05, 3.63) is 42.1 Å². The Balaban J connectivity index is 2.21. The van der Waals surface area contributed by atoms with Crippen molar-refractivity contribution >= 4 is 10.9 Å². The van der Waals surface area contributed by atoms with Crippen LogP contribution in [0.4, 0.5) is 0 Å². The first-order valence-electron chi connectivity index (χ1n) is 7.29. The Kier molecular flexibility index (Phi) is 4.92. The van der Waals surface area contributed by atoms with Gasteiger partial charge in [0.25, 0.3) is 0 Å². The van der Waals surface area contributed by atoms with Gasteiger partial charge in [0.05, 0.1) is 11.6 Å². The third kappa shape index (κ3) is 3.32. The number of fused-ring (bicyclic) bond motifs is 1. The highest BCUT2D eigenvalue weighted by molar-refractivity contribution is 5.78. The zero-order chi connectivity index (χ0) is 13.7. The van der Waals surface area contributed by atoms with Crippen LogP contribution in [0.15, 0.2) is 36.5 Å². The van der Waals surface area contributed by atoms with Gasteiger partial charge >= 0.3 is 0 Å².